The lowest BCUT2D eigenvalue weighted by molar-refractivity contribution is -0.143. The number of carbonyl (C=O) groups is 3. The molecule has 5 rings (SSSR count). The highest BCUT2D eigenvalue weighted by Crippen LogP contribution is 2.54. The van der Waals surface area contributed by atoms with E-state index in [4.69, 9.17) is 4.74 Å². The van der Waals surface area contributed by atoms with Crippen molar-refractivity contribution in [3.8, 4) is 0 Å². The quantitative estimate of drug-likeness (QED) is 0.524. The molecule has 7 heteroatoms. The minimum atomic E-state index is -1.25. The Bertz CT molecular complexity index is 1130. The maximum atomic E-state index is 13.7. The number of aryl methyl sites for hydroxylation is 2. The molecule has 3 aliphatic rings. The third kappa shape index (κ3) is 3.21. The number of imide groups is 1. The third-order valence-corrected chi connectivity index (χ3v) is 7.29. The van der Waals surface area contributed by atoms with Crippen LogP contribution >= 0.6 is 0 Å². The van der Waals surface area contributed by atoms with Crippen molar-refractivity contribution in [1.82, 2.24) is 10.2 Å². The number of amides is 3. The molecule has 3 heterocycles. The fraction of sp³-hybridized carbons (Fsp3) is 0.423. The van der Waals surface area contributed by atoms with Gasteiger partial charge in [0.2, 0.25) is 17.7 Å². The van der Waals surface area contributed by atoms with Crippen LogP contribution in [-0.4, -0.2) is 48.9 Å². The summed E-state index contributed by atoms with van der Waals surface area (Å²) >= 11 is 0. The monoisotopic (exact) mass is 447 g/mol. The maximum absolute atomic E-state index is 13.7. The zero-order chi connectivity index (χ0) is 23.3. The molecule has 0 saturated carbocycles. The van der Waals surface area contributed by atoms with Gasteiger partial charge in [0, 0.05) is 37.6 Å². The first kappa shape index (κ1) is 21.8. The number of hydrogen-bond acceptors (Lipinski definition) is 5. The van der Waals surface area contributed by atoms with Gasteiger partial charge in [-0.1, -0.05) is 48.0 Å². The third-order valence-electron chi connectivity index (χ3n) is 7.29. The van der Waals surface area contributed by atoms with Gasteiger partial charge in [0.05, 0.1) is 11.8 Å². The zero-order valence-electron chi connectivity index (χ0n) is 19.2. The molecule has 3 amide bonds. The van der Waals surface area contributed by atoms with Crippen LogP contribution in [0.4, 0.5) is 5.69 Å². The Morgan fingerprint density at radius 2 is 1.82 bits per heavy atom. The van der Waals surface area contributed by atoms with Gasteiger partial charge < -0.3 is 10.1 Å². The summed E-state index contributed by atoms with van der Waals surface area (Å²) in [7, 11) is 1.60. The van der Waals surface area contributed by atoms with Gasteiger partial charge in [-0.05, 0) is 37.8 Å². The minimum Gasteiger partial charge on any atom is -0.385 e. The smallest absolute Gasteiger partial charge is 0.250 e. The lowest BCUT2D eigenvalue weighted by atomic mass is 9.75. The van der Waals surface area contributed by atoms with E-state index >= 15 is 0 Å². The van der Waals surface area contributed by atoms with E-state index in [9.17, 15) is 14.4 Å². The molecule has 33 heavy (non-hydrogen) atoms. The van der Waals surface area contributed by atoms with Crippen LogP contribution in [0.5, 0.6) is 0 Å². The van der Waals surface area contributed by atoms with Crippen LogP contribution < -0.4 is 10.6 Å². The largest absolute Gasteiger partial charge is 0.385 e. The van der Waals surface area contributed by atoms with E-state index in [2.05, 4.69) is 10.6 Å². The van der Waals surface area contributed by atoms with Crippen molar-refractivity contribution in [3.63, 3.8) is 0 Å². The number of methoxy groups -OCH3 is 1. The number of nitrogens with zero attached hydrogens (tertiary/aromatic N) is 1. The van der Waals surface area contributed by atoms with E-state index in [1.807, 2.05) is 56.3 Å². The first-order chi connectivity index (χ1) is 15.9. The maximum Gasteiger partial charge on any atom is 0.250 e. The fourth-order valence-electron chi connectivity index (χ4n) is 5.95. The molecule has 4 atom stereocenters. The first-order valence-electron chi connectivity index (χ1n) is 11.5. The second-order valence-electron chi connectivity index (χ2n) is 9.38. The van der Waals surface area contributed by atoms with Crippen molar-refractivity contribution in [2.24, 2.45) is 11.8 Å². The summed E-state index contributed by atoms with van der Waals surface area (Å²) in [5, 5.41) is 6.54. The van der Waals surface area contributed by atoms with Crippen molar-refractivity contribution in [2.75, 3.05) is 25.6 Å². The zero-order valence-corrected chi connectivity index (χ0v) is 19.2. The van der Waals surface area contributed by atoms with Gasteiger partial charge in [0.15, 0.2) is 0 Å². The Kier molecular flexibility index (Phi) is 5.34. The number of likely N-dealkylation sites (tertiary alicyclic amines) is 1. The van der Waals surface area contributed by atoms with Crippen molar-refractivity contribution in [2.45, 2.75) is 38.3 Å². The average molecular weight is 448 g/mol. The number of benzene rings is 2. The number of nitrogens with one attached hydrogen (secondary N) is 2. The normalized spacial score (nSPS) is 27.9. The Morgan fingerprint density at radius 1 is 1.06 bits per heavy atom. The Balaban J connectivity index is 1.61. The standard InChI is InChI=1S/C26H29N3O4/c1-15-12-16(2)22-18(13-15)26(25(32)27-22)21-20(19(28-26)14-17-8-5-4-6-9-17)23(30)29(24(21)31)10-7-11-33-3/h4-6,8-9,12-13,19-21,28H,7,10-11,14H2,1-3H3,(H,27,32). The summed E-state index contributed by atoms with van der Waals surface area (Å²) in [5.41, 5.74) is 3.29. The summed E-state index contributed by atoms with van der Waals surface area (Å²) in [6, 6.07) is 13.5. The van der Waals surface area contributed by atoms with Crippen molar-refractivity contribution >= 4 is 23.4 Å². The highest BCUT2D eigenvalue weighted by molar-refractivity contribution is 6.15. The molecule has 1 spiro atoms. The molecular weight excluding hydrogens is 418 g/mol. The van der Waals surface area contributed by atoms with Gasteiger partial charge in [-0.25, -0.2) is 0 Å². The molecule has 4 unspecified atom stereocenters. The predicted octanol–water partition coefficient (Wildman–Crippen LogP) is 2.30. The number of ether oxygens (including phenoxy) is 1. The molecule has 2 aromatic carbocycles. The molecule has 7 nitrogen and oxygen atoms in total. The molecule has 0 bridgehead atoms. The number of rotatable bonds is 6. The summed E-state index contributed by atoms with van der Waals surface area (Å²) < 4.78 is 5.12. The molecule has 3 aliphatic heterocycles. The lowest BCUT2D eigenvalue weighted by Crippen LogP contribution is -2.53. The van der Waals surface area contributed by atoms with Crippen LogP contribution in [0, 0.1) is 25.7 Å². The summed E-state index contributed by atoms with van der Waals surface area (Å²) in [4.78, 5) is 42.3. The summed E-state index contributed by atoms with van der Waals surface area (Å²) in [6.07, 6.45) is 1.13. The highest BCUT2D eigenvalue weighted by Gasteiger charge is 2.70. The number of carbonyl (C=O) groups excluding carboxylic acids is 3. The van der Waals surface area contributed by atoms with Crippen LogP contribution in [0.15, 0.2) is 42.5 Å². The molecule has 2 fully saturated rings. The summed E-state index contributed by atoms with van der Waals surface area (Å²) in [6.45, 7) is 4.70. The SMILES string of the molecule is COCCCN1C(=O)C2C(Cc3ccccc3)NC3(C(=O)Nc4c(C)cc(C)cc43)C2C1=O. The van der Waals surface area contributed by atoms with E-state index < -0.39 is 17.4 Å². The molecule has 2 N–H and O–H groups in total. The molecule has 0 radical (unpaired) electrons. The van der Waals surface area contributed by atoms with Crippen LogP contribution in [0.2, 0.25) is 0 Å². The highest BCUT2D eigenvalue weighted by atomic mass is 16.5. The number of hydrogen-bond donors (Lipinski definition) is 2. The molecule has 2 saturated heterocycles. The average Bonchev–Trinajstić information content (AvgIpc) is 3.36. The van der Waals surface area contributed by atoms with Crippen molar-refractivity contribution in [3.05, 3.63) is 64.7 Å². The van der Waals surface area contributed by atoms with Crippen molar-refractivity contribution < 1.29 is 19.1 Å². The topological polar surface area (TPSA) is 87.7 Å². The molecule has 172 valence electrons. The first-order valence-corrected chi connectivity index (χ1v) is 11.5. The summed E-state index contributed by atoms with van der Waals surface area (Å²) in [5.74, 6) is -2.10. The Labute approximate surface area is 193 Å². The number of fused-ring (bicyclic) bond motifs is 4. The van der Waals surface area contributed by atoms with E-state index in [0.29, 0.717) is 26.0 Å². The predicted molar refractivity (Wildman–Crippen MR) is 123 cm³/mol. The van der Waals surface area contributed by atoms with E-state index in [-0.39, 0.29) is 23.8 Å². The second kappa shape index (κ2) is 8.08. The van der Waals surface area contributed by atoms with Gasteiger partial charge in [-0.2, -0.15) is 0 Å². The van der Waals surface area contributed by atoms with E-state index in [0.717, 1.165) is 27.9 Å². The second-order valence-corrected chi connectivity index (χ2v) is 9.38. The Hall–Kier alpha value is -3.03. The van der Waals surface area contributed by atoms with Crippen LogP contribution in [0.3, 0.4) is 0 Å². The van der Waals surface area contributed by atoms with Crippen molar-refractivity contribution in [1.29, 1.82) is 0 Å². The van der Waals surface area contributed by atoms with E-state index in [1.165, 1.54) is 4.90 Å². The van der Waals surface area contributed by atoms with E-state index in [1.54, 1.807) is 7.11 Å². The minimum absolute atomic E-state index is 0.197. The van der Waals surface area contributed by atoms with Crippen LogP contribution in [0.25, 0.3) is 0 Å². The lowest BCUT2D eigenvalue weighted by Gasteiger charge is -2.30. The van der Waals surface area contributed by atoms with Gasteiger partial charge >= 0.3 is 0 Å². The van der Waals surface area contributed by atoms with Gasteiger partial charge in [-0.3, -0.25) is 24.6 Å². The van der Waals surface area contributed by atoms with Gasteiger partial charge in [-0.15, -0.1) is 0 Å². The fourth-order valence-corrected chi connectivity index (χ4v) is 5.95. The van der Waals surface area contributed by atoms with Crippen LogP contribution in [-0.2, 0) is 31.1 Å². The Morgan fingerprint density at radius 3 is 2.55 bits per heavy atom. The van der Waals surface area contributed by atoms with Crippen LogP contribution in [0.1, 0.15) is 28.7 Å². The molecular formula is C26H29N3O4. The molecule has 0 aromatic heterocycles. The van der Waals surface area contributed by atoms with Gasteiger partial charge in [0.25, 0.3) is 0 Å². The molecule has 2 aromatic rings. The van der Waals surface area contributed by atoms with Gasteiger partial charge in [0.1, 0.15) is 5.54 Å². The molecule has 0 aliphatic carbocycles. The number of anilines is 1.